The lowest BCUT2D eigenvalue weighted by Gasteiger charge is -2.26. The number of hydrogen-bond acceptors (Lipinski definition) is 5. The second kappa shape index (κ2) is 10.2. The second-order valence-corrected chi connectivity index (χ2v) is 10.9. The highest BCUT2D eigenvalue weighted by Gasteiger charge is 2.24. The molecule has 8 heteroatoms. The molecule has 0 spiro atoms. The fourth-order valence-electron chi connectivity index (χ4n) is 4.50. The van der Waals surface area contributed by atoms with Gasteiger partial charge in [0.2, 0.25) is 10.0 Å². The molecule has 186 valence electrons. The third-order valence-electron chi connectivity index (χ3n) is 6.56. The molecule has 36 heavy (non-hydrogen) atoms. The van der Waals surface area contributed by atoms with Gasteiger partial charge >= 0.3 is 0 Å². The van der Waals surface area contributed by atoms with E-state index in [1.807, 2.05) is 77.3 Å². The lowest BCUT2D eigenvalue weighted by Crippen LogP contribution is -2.36. The molecule has 4 aromatic rings. The Balaban J connectivity index is 1.31. The zero-order valence-corrected chi connectivity index (χ0v) is 21.2. The number of aryl methyl sites for hydroxylation is 1. The first kappa shape index (κ1) is 24.1. The fraction of sp³-hybridized carbons (Fsp3) is 0.250. The number of nitrogens with zero attached hydrogens (tertiary/aromatic N) is 3. The first-order valence-electron chi connectivity index (χ1n) is 11.9. The molecule has 0 fully saturated rings. The van der Waals surface area contributed by atoms with Crippen LogP contribution in [0.2, 0.25) is 0 Å². The van der Waals surface area contributed by atoms with Crippen molar-refractivity contribution < 1.29 is 17.9 Å². The van der Waals surface area contributed by atoms with Crippen molar-refractivity contribution in [2.45, 2.75) is 12.8 Å². The molecule has 0 radical (unpaired) electrons. The Labute approximate surface area is 211 Å². The van der Waals surface area contributed by atoms with E-state index in [-0.39, 0.29) is 5.75 Å². The van der Waals surface area contributed by atoms with Crippen molar-refractivity contribution in [3.63, 3.8) is 0 Å². The molecule has 0 aliphatic carbocycles. The van der Waals surface area contributed by atoms with E-state index in [0.717, 1.165) is 33.6 Å². The summed E-state index contributed by atoms with van der Waals surface area (Å²) in [6, 6.07) is 19.5. The van der Waals surface area contributed by atoms with Crippen molar-refractivity contribution in [3.8, 4) is 22.8 Å². The van der Waals surface area contributed by atoms with Gasteiger partial charge in [0.05, 0.1) is 25.7 Å². The summed E-state index contributed by atoms with van der Waals surface area (Å²) < 4.78 is 40.1. The van der Waals surface area contributed by atoms with Crippen molar-refractivity contribution in [2.75, 3.05) is 33.1 Å². The summed E-state index contributed by atoms with van der Waals surface area (Å²) in [5.41, 5.74) is 5.86. The van der Waals surface area contributed by atoms with Crippen LogP contribution in [0.25, 0.3) is 22.5 Å². The van der Waals surface area contributed by atoms with E-state index < -0.39 is 10.0 Å². The fourth-order valence-corrected chi connectivity index (χ4v) is 5.93. The number of benzene rings is 2. The van der Waals surface area contributed by atoms with Gasteiger partial charge in [-0.3, -0.25) is 0 Å². The van der Waals surface area contributed by atoms with Crippen LogP contribution in [0.1, 0.15) is 17.5 Å². The lowest BCUT2D eigenvalue weighted by molar-refractivity contribution is 0.355. The third-order valence-corrected chi connectivity index (χ3v) is 8.40. The molecule has 0 bridgehead atoms. The van der Waals surface area contributed by atoms with Crippen molar-refractivity contribution in [1.29, 1.82) is 0 Å². The van der Waals surface area contributed by atoms with Crippen LogP contribution in [0.5, 0.6) is 11.5 Å². The number of imidazole rings is 1. The molecule has 1 aliphatic rings. The summed E-state index contributed by atoms with van der Waals surface area (Å²) in [4.78, 5) is 4.75. The van der Waals surface area contributed by atoms with Crippen molar-refractivity contribution in [3.05, 3.63) is 90.3 Å². The van der Waals surface area contributed by atoms with Crippen LogP contribution in [-0.4, -0.2) is 55.2 Å². The molecule has 0 saturated carbocycles. The summed E-state index contributed by atoms with van der Waals surface area (Å²) >= 11 is 0. The van der Waals surface area contributed by atoms with Crippen molar-refractivity contribution in [2.24, 2.45) is 0 Å². The molecule has 0 saturated heterocycles. The van der Waals surface area contributed by atoms with Gasteiger partial charge in [-0.15, -0.1) is 0 Å². The largest absolute Gasteiger partial charge is 0.493 e. The van der Waals surface area contributed by atoms with E-state index >= 15 is 0 Å². The van der Waals surface area contributed by atoms with E-state index in [0.29, 0.717) is 37.4 Å². The Kier molecular flexibility index (Phi) is 6.80. The van der Waals surface area contributed by atoms with E-state index in [4.69, 9.17) is 14.5 Å². The summed E-state index contributed by atoms with van der Waals surface area (Å²) in [7, 11) is -0.0750. The van der Waals surface area contributed by atoms with Crippen LogP contribution < -0.4 is 9.47 Å². The maximum atomic E-state index is 12.9. The maximum absolute atomic E-state index is 12.9. The van der Waals surface area contributed by atoms with Crippen LogP contribution in [0.15, 0.2) is 79.1 Å². The van der Waals surface area contributed by atoms with E-state index in [1.165, 1.54) is 0 Å². The second-order valence-electron chi connectivity index (χ2n) is 8.77. The zero-order valence-electron chi connectivity index (χ0n) is 20.4. The molecule has 0 amide bonds. The van der Waals surface area contributed by atoms with E-state index in [1.54, 1.807) is 18.5 Å². The average Bonchev–Trinajstić information content (AvgIpc) is 3.36. The van der Waals surface area contributed by atoms with Crippen LogP contribution in [0, 0.1) is 0 Å². The Morgan fingerprint density at radius 3 is 2.42 bits per heavy atom. The lowest BCUT2D eigenvalue weighted by atomic mass is 10.0. The highest BCUT2D eigenvalue weighted by atomic mass is 32.2. The summed E-state index contributed by atoms with van der Waals surface area (Å²) in [5.74, 6) is 1.45. The number of rotatable bonds is 8. The molecule has 0 unspecified atom stereocenters. The SMILES string of the molecule is COc1ccc(-c2cn3cc(C4=CCN(S(=O)(=O)CCc5ccccc5)CC4)ccc3n2)cc1OC. The summed E-state index contributed by atoms with van der Waals surface area (Å²) in [6.45, 7) is 0.882. The van der Waals surface area contributed by atoms with Gasteiger partial charge in [-0.1, -0.05) is 36.4 Å². The Hall–Kier alpha value is -3.62. The number of pyridine rings is 1. The van der Waals surface area contributed by atoms with Crippen LogP contribution in [-0.2, 0) is 16.4 Å². The number of sulfonamides is 1. The molecule has 2 aromatic carbocycles. The molecular formula is C28H29N3O4S. The number of methoxy groups -OCH3 is 2. The van der Waals surface area contributed by atoms with Gasteiger partial charge in [0.15, 0.2) is 11.5 Å². The Bertz CT molecular complexity index is 1510. The van der Waals surface area contributed by atoms with Gasteiger partial charge in [0, 0.05) is 31.0 Å². The Morgan fingerprint density at radius 2 is 1.69 bits per heavy atom. The minimum absolute atomic E-state index is 0.125. The van der Waals surface area contributed by atoms with E-state index in [9.17, 15) is 8.42 Å². The quantitative estimate of drug-likeness (QED) is 0.349. The minimum atomic E-state index is -3.31. The third kappa shape index (κ3) is 5.01. The molecule has 5 rings (SSSR count). The molecule has 2 aromatic heterocycles. The van der Waals surface area contributed by atoms with Crippen molar-refractivity contribution >= 4 is 21.2 Å². The molecular weight excluding hydrogens is 474 g/mol. The number of hydrogen-bond donors (Lipinski definition) is 0. The Morgan fingerprint density at radius 1 is 0.917 bits per heavy atom. The monoisotopic (exact) mass is 503 g/mol. The van der Waals surface area contributed by atoms with Crippen LogP contribution in [0.4, 0.5) is 0 Å². The first-order valence-corrected chi connectivity index (χ1v) is 13.5. The smallest absolute Gasteiger partial charge is 0.214 e. The number of fused-ring (bicyclic) bond motifs is 1. The summed E-state index contributed by atoms with van der Waals surface area (Å²) in [6.07, 6.45) is 7.27. The average molecular weight is 504 g/mol. The first-order chi connectivity index (χ1) is 17.5. The molecule has 7 nitrogen and oxygen atoms in total. The zero-order chi connectivity index (χ0) is 25.1. The van der Waals surface area contributed by atoms with Gasteiger partial charge in [-0.05, 0) is 59.9 Å². The van der Waals surface area contributed by atoms with Gasteiger partial charge in [-0.2, -0.15) is 4.31 Å². The van der Waals surface area contributed by atoms with Crippen LogP contribution >= 0.6 is 0 Å². The molecule has 0 atom stereocenters. The maximum Gasteiger partial charge on any atom is 0.214 e. The van der Waals surface area contributed by atoms with Crippen LogP contribution in [0.3, 0.4) is 0 Å². The van der Waals surface area contributed by atoms with E-state index in [2.05, 4.69) is 6.20 Å². The number of aromatic nitrogens is 2. The number of ether oxygens (including phenoxy) is 2. The standard InChI is InChI=1S/C28H29N3O4S/c1-34-26-10-8-23(18-27(26)35-2)25-20-30-19-24(9-11-28(30)29-25)22-12-15-31(16-13-22)36(32,33)17-14-21-6-4-3-5-7-21/h3-12,18-20H,13-17H2,1-2H3. The molecule has 1 aliphatic heterocycles. The molecule has 3 heterocycles. The molecule has 0 N–H and O–H groups in total. The minimum Gasteiger partial charge on any atom is -0.493 e. The predicted molar refractivity (Wildman–Crippen MR) is 142 cm³/mol. The van der Waals surface area contributed by atoms with Crippen molar-refractivity contribution in [1.82, 2.24) is 13.7 Å². The van der Waals surface area contributed by atoms with Gasteiger partial charge in [0.25, 0.3) is 0 Å². The van der Waals surface area contributed by atoms with Gasteiger partial charge < -0.3 is 13.9 Å². The van der Waals surface area contributed by atoms with Gasteiger partial charge in [-0.25, -0.2) is 13.4 Å². The predicted octanol–water partition coefficient (Wildman–Crippen LogP) is 4.68. The summed E-state index contributed by atoms with van der Waals surface area (Å²) in [5, 5.41) is 0. The highest BCUT2D eigenvalue weighted by Crippen LogP contribution is 2.32. The normalized spacial score (nSPS) is 14.6. The van der Waals surface area contributed by atoms with Gasteiger partial charge in [0.1, 0.15) is 5.65 Å². The topological polar surface area (TPSA) is 73.1 Å². The highest BCUT2D eigenvalue weighted by molar-refractivity contribution is 7.89.